The van der Waals surface area contributed by atoms with Crippen LogP contribution in [0.3, 0.4) is 0 Å². The van der Waals surface area contributed by atoms with E-state index < -0.39 is 5.97 Å². The molecule has 0 heterocycles. The molecule has 0 fully saturated rings. The molecule has 0 aliphatic rings. The molecule has 0 atom stereocenters. The van der Waals surface area contributed by atoms with Gasteiger partial charge in [0, 0.05) is 19.0 Å². The Morgan fingerprint density at radius 3 is 2.32 bits per heavy atom. The second kappa shape index (κ2) is 10.3. The summed E-state index contributed by atoms with van der Waals surface area (Å²) in [6.45, 7) is 5.31. The molecule has 148 valence electrons. The van der Waals surface area contributed by atoms with E-state index >= 15 is 0 Å². The molecule has 6 heteroatoms. The lowest BCUT2D eigenvalue weighted by Gasteiger charge is -2.09. The van der Waals surface area contributed by atoms with Crippen LogP contribution >= 0.6 is 0 Å². The Hall–Kier alpha value is -3.15. The summed E-state index contributed by atoms with van der Waals surface area (Å²) < 4.78 is 10.4. The molecule has 0 bridgehead atoms. The summed E-state index contributed by atoms with van der Waals surface area (Å²) in [7, 11) is 0. The van der Waals surface area contributed by atoms with Crippen LogP contribution in [0.4, 0.5) is 0 Å². The summed E-state index contributed by atoms with van der Waals surface area (Å²) in [5, 5.41) is 2.72. The number of carbonyl (C=O) groups excluding carboxylic acids is 3. The highest BCUT2D eigenvalue weighted by Crippen LogP contribution is 2.18. The molecule has 0 saturated carbocycles. The number of nitrogens with one attached hydrogen (secondary N) is 1. The first-order chi connectivity index (χ1) is 13.3. The van der Waals surface area contributed by atoms with Crippen molar-refractivity contribution in [3.8, 4) is 5.75 Å². The van der Waals surface area contributed by atoms with Gasteiger partial charge in [-0.15, -0.1) is 0 Å². The zero-order valence-electron chi connectivity index (χ0n) is 16.4. The number of ether oxygens (including phenoxy) is 2. The lowest BCUT2D eigenvalue weighted by Crippen LogP contribution is -2.22. The monoisotopic (exact) mass is 383 g/mol. The zero-order chi connectivity index (χ0) is 20.5. The Balaban J connectivity index is 1.76. The van der Waals surface area contributed by atoms with E-state index in [1.165, 1.54) is 6.92 Å². The van der Waals surface area contributed by atoms with Crippen molar-refractivity contribution in [3.05, 3.63) is 64.7 Å². The van der Waals surface area contributed by atoms with Gasteiger partial charge in [-0.1, -0.05) is 42.0 Å². The van der Waals surface area contributed by atoms with Crippen molar-refractivity contribution in [2.24, 2.45) is 0 Å². The highest BCUT2D eigenvalue weighted by molar-refractivity contribution is 5.98. The summed E-state index contributed by atoms with van der Waals surface area (Å²) in [4.78, 5) is 34.8. The number of hydrogen-bond acceptors (Lipinski definition) is 5. The standard InChI is InChI=1S/C22H25NO5/c1-15-4-9-21(16(2)12-15)27-14-22(26)28-13-20(25)19-7-5-18(6-8-19)10-11-23-17(3)24/h4-9,12H,10-11,13-14H2,1-3H3,(H,23,24). The van der Waals surface area contributed by atoms with Crippen LogP contribution in [0.1, 0.15) is 34.0 Å². The third kappa shape index (κ3) is 6.87. The maximum absolute atomic E-state index is 12.2. The fraction of sp³-hybridized carbons (Fsp3) is 0.318. The Bertz CT molecular complexity index is 843. The van der Waals surface area contributed by atoms with Gasteiger partial charge in [0.25, 0.3) is 0 Å². The van der Waals surface area contributed by atoms with E-state index in [0.717, 1.165) is 16.7 Å². The highest BCUT2D eigenvalue weighted by atomic mass is 16.6. The smallest absolute Gasteiger partial charge is 0.344 e. The van der Waals surface area contributed by atoms with Crippen LogP contribution in [-0.2, 0) is 20.7 Å². The highest BCUT2D eigenvalue weighted by Gasteiger charge is 2.11. The normalized spacial score (nSPS) is 10.2. The maximum atomic E-state index is 12.2. The number of hydrogen-bond donors (Lipinski definition) is 1. The fourth-order valence-electron chi connectivity index (χ4n) is 2.61. The molecule has 28 heavy (non-hydrogen) atoms. The summed E-state index contributed by atoms with van der Waals surface area (Å²) in [6.07, 6.45) is 0.679. The number of aryl methyl sites for hydroxylation is 2. The van der Waals surface area contributed by atoms with Crippen molar-refractivity contribution in [1.82, 2.24) is 5.32 Å². The van der Waals surface area contributed by atoms with Gasteiger partial charge in [0.15, 0.2) is 19.0 Å². The lowest BCUT2D eigenvalue weighted by atomic mass is 10.1. The average Bonchev–Trinajstić information content (AvgIpc) is 2.65. The van der Waals surface area contributed by atoms with E-state index in [0.29, 0.717) is 24.3 Å². The van der Waals surface area contributed by atoms with E-state index in [1.807, 2.05) is 38.1 Å². The van der Waals surface area contributed by atoms with E-state index in [1.54, 1.807) is 18.2 Å². The number of rotatable bonds is 9. The van der Waals surface area contributed by atoms with Gasteiger partial charge in [0.1, 0.15) is 5.75 Å². The quantitative estimate of drug-likeness (QED) is 0.532. The molecule has 0 spiro atoms. The molecule has 2 rings (SSSR count). The zero-order valence-corrected chi connectivity index (χ0v) is 16.4. The third-order valence-corrected chi connectivity index (χ3v) is 4.10. The van der Waals surface area contributed by atoms with Gasteiger partial charge in [0.05, 0.1) is 0 Å². The van der Waals surface area contributed by atoms with Crippen LogP contribution in [0.2, 0.25) is 0 Å². The molecule has 0 saturated heterocycles. The number of amides is 1. The maximum Gasteiger partial charge on any atom is 0.344 e. The number of esters is 1. The van der Waals surface area contributed by atoms with E-state index in [4.69, 9.17) is 9.47 Å². The van der Waals surface area contributed by atoms with Gasteiger partial charge >= 0.3 is 5.97 Å². The van der Waals surface area contributed by atoms with Crippen LogP contribution in [0, 0.1) is 13.8 Å². The van der Waals surface area contributed by atoms with Gasteiger partial charge in [0.2, 0.25) is 5.91 Å². The topological polar surface area (TPSA) is 81.7 Å². The van der Waals surface area contributed by atoms with Crippen molar-refractivity contribution in [2.75, 3.05) is 19.8 Å². The summed E-state index contributed by atoms with van der Waals surface area (Å²) >= 11 is 0. The Labute approximate surface area is 164 Å². The Kier molecular flexibility index (Phi) is 7.75. The molecule has 0 unspecified atom stereocenters. The minimum absolute atomic E-state index is 0.0740. The molecular formula is C22H25NO5. The molecule has 2 aromatic rings. The molecule has 1 N–H and O–H groups in total. The van der Waals surface area contributed by atoms with E-state index in [9.17, 15) is 14.4 Å². The van der Waals surface area contributed by atoms with Crippen LogP contribution in [0.15, 0.2) is 42.5 Å². The molecule has 2 aromatic carbocycles. The minimum atomic E-state index is -0.597. The predicted molar refractivity (Wildman–Crippen MR) is 106 cm³/mol. The molecular weight excluding hydrogens is 358 g/mol. The molecule has 1 amide bonds. The molecule has 0 aliphatic heterocycles. The average molecular weight is 383 g/mol. The van der Waals surface area contributed by atoms with Crippen LogP contribution in [0.25, 0.3) is 0 Å². The van der Waals surface area contributed by atoms with Crippen molar-refractivity contribution >= 4 is 17.7 Å². The van der Waals surface area contributed by atoms with Crippen molar-refractivity contribution in [1.29, 1.82) is 0 Å². The van der Waals surface area contributed by atoms with E-state index in [2.05, 4.69) is 5.32 Å². The molecule has 0 aliphatic carbocycles. The van der Waals surface area contributed by atoms with Gasteiger partial charge in [-0.2, -0.15) is 0 Å². The summed E-state index contributed by atoms with van der Waals surface area (Å²) in [5.41, 5.74) is 3.51. The van der Waals surface area contributed by atoms with Gasteiger partial charge in [-0.3, -0.25) is 9.59 Å². The Morgan fingerprint density at radius 1 is 0.964 bits per heavy atom. The van der Waals surface area contributed by atoms with Crippen LogP contribution in [-0.4, -0.2) is 37.4 Å². The fourth-order valence-corrected chi connectivity index (χ4v) is 2.61. The molecule has 0 radical (unpaired) electrons. The largest absolute Gasteiger partial charge is 0.482 e. The first kappa shape index (κ1) is 21.2. The van der Waals surface area contributed by atoms with E-state index in [-0.39, 0.29) is 24.9 Å². The first-order valence-electron chi connectivity index (χ1n) is 9.07. The molecule has 6 nitrogen and oxygen atoms in total. The predicted octanol–water partition coefficient (Wildman–Crippen LogP) is 2.79. The SMILES string of the molecule is CC(=O)NCCc1ccc(C(=O)COC(=O)COc2ccc(C)cc2C)cc1. The minimum Gasteiger partial charge on any atom is -0.482 e. The van der Waals surface area contributed by atoms with Crippen molar-refractivity contribution in [3.63, 3.8) is 0 Å². The van der Waals surface area contributed by atoms with Crippen LogP contribution < -0.4 is 10.1 Å². The number of carbonyl (C=O) groups is 3. The van der Waals surface area contributed by atoms with Gasteiger partial charge in [-0.05, 0) is 37.5 Å². The number of ketones is 1. The van der Waals surface area contributed by atoms with Gasteiger partial charge < -0.3 is 14.8 Å². The van der Waals surface area contributed by atoms with Crippen LogP contribution in [0.5, 0.6) is 5.75 Å². The second-order valence-electron chi connectivity index (χ2n) is 6.57. The molecule has 0 aromatic heterocycles. The number of Topliss-reactive ketones (excluding diaryl/α,β-unsaturated/α-hetero) is 1. The summed E-state index contributed by atoms with van der Waals surface area (Å²) in [6, 6.07) is 12.7. The van der Waals surface area contributed by atoms with Crippen molar-refractivity contribution < 1.29 is 23.9 Å². The first-order valence-corrected chi connectivity index (χ1v) is 9.07. The second-order valence-corrected chi connectivity index (χ2v) is 6.57. The third-order valence-electron chi connectivity index (χ3n) is 4.10. The Morgan fingerprint density at radius 2 is 1.68 bits per heavy atom. The summed E-state index contributed by atoms with van der Waals surface area (Å²) in [5.74, 6) is -0.340. The van der Waals surface area contributed by atoms with Gasteiger partial charge in [-0.25, -0.2) is 4.79 Å². The number of benzene rings is 2. The lowest BCUT2D eigenvalue weighted by molar-refractivity contribution is -0.144. The van der Waals surface area contributed by atoms with Crippen molar-refractivity contribution in [2.45, 2.75) is 27.2 Å².